The molecule has 2 aromatic rings. The van der Waals surface area contributed by atoms with Crippen LogP contribution >= 0.6 is 11.3 Å². The molecule has 4 heterocycles. The van der Waals surface area contributed by atoms with Crippen molar-refractivity contribution in [3.8, 4) is 0 Å². The zero-order valence-corrected chi connectivity index (χ0v) is 21.1. The fourth-order valence-corrected chi connectivity index (χ4v) is 7.62. The minimum atomic E-state index is -4.48. The van der Waals surface area contributed by atoms with Crippen LogP contribution in [-0.2, 0) is 42.6 Å². The van der Waals surface area contributed by atoms with Crippen molar-refractivity contribution in [3.63, 3.8) is 0 Å². The molecule has 1 saturated heterocycles. The number of alkyl halides is 3. The molecule has 1 unspecified atom stereocenters. The molecule has 3 aliphatic rings. The monoisotopic (exact) mass is 529 g/mol. The van der Waals surface area contributed by atoms with Crippen LogP contribution < -0.4 is 0 Å². The smallest absolute Gasteiger partial charge is 0.392 e. The maximum Gasteiger partial charge on any atom is 0.425 e. The van der Waals surface area contributed by atoms with Crippen molar-refractivity contribution in [2.24, 2.45) is 0 Å². The quantitative estimate of drug-likeness (QED) is 0.508. The number of ether oxygens (including phenoxy) is 1. The molecular formula is C25H34F3N3O4S. The molecule has 3 N–H and O–H groups in total. The number of thiophene rings is 1. The summed E-state index contributed by atoms with van der Waals surface area (Å²) >= 11 is 0.740. The van der Waals surface area contributed by atoms with Crippen LogP contribution in [0.15, 0.2) is 12.4 Å². The van der Waals surface area contributed by atoms with Gasteiger partial charge in [0, 0.05) is 48.3 Å². The SMILES string of the molecule is OCc1c(C(F)(F)F)sc2c1CCOC21CCN(Cc2cnn(CC(O)CC3(O)CCCC3)c2)CC1. The number of hydrogen-bond donors (Lipinski definition) is 3. The number of nitrogens with zero attached hydrogens (tertiary/aromatic N) is 3. The topological polar surface area (TPSA) is 91.0 Å². The first-order chi connectivity index (χ1) is 17.1. The second kappa shape index (κ2) is 9.99. The second-order valence-electron chi connectivity index (χ2n) is 10.6. The van der Waals surface area contributed by atoms with E-state index in [2.05, 4.69) is 10.00 Å². The van der Waals surface area contributed by atoms with E-state index in [1.807, 2.05) is 6.20 Å². The average Bonchev–Trinajstić information content (AvgIpc) is 3.54. The first kappa shape index (κ1) is 26.1. The lowest BCUT2D eigenvalue weighted by molar-refractivity contribution is -0.135. The summed E-state index contributed by atoms with van der Waals surface area (Å²) < 4.78 is 48.6. The Bertz CT molecular complexity index is 1060. The Balaban J connectivity index is 1.20. The predicted octanol–water partition coefficient (Wildman–Crippen LogP) is 3.58. The van der Waals surface area contributed by atoms with Crippen LogP contribution in [0.3, 0.4) is 0 Å². The largest absolute Gasteiger partial charge is 0.425 e. The van der Waals surface area contributed by atoms with Crippen LogP contribution in [0.1, 0.15) is 71.4 Å². The fraction of sp³-hybridized carbons (Fsp3) is 0.720. The molecule has 0 amide bonds. The van der Waals surface area contributed by atoms with Gasteiger partial charge in [-0.05, 0) is 37.7 Å². The van der Waals surface area contributed by atoms with Crippen molar-refractivity contribution in [2.45, 2.75) is 94.5 Å². The van der Waals surface area contributed by atoms with Crippen LogP contribution in [0.25, 0.3) is 0 Å². The van der Waals surface area contributed by atoms with Gasteiger partial charge in [0.2, 0.25) is 0 Å². The summed E-state index contributed by atoms with van der Waals surface area (Å²) in [6, 6.07) is 0. The molecule has 200 valence electrons. The number of halogens is 3. The van der Waals surface area contributed by atoms with E-state index < -0.39 is 35.0 Å². The summed E-state index contributed by atoms with van der Waals surface area (Å²) in [6.07, 6.45) is 3.94. The number of hydrogen-bond acceptors (Lipinski definition) is 7. The summed E-state index contributed by atoms with van der Waals surface area (Å²) in [5.41, 5.74) is 0.151. The minimum Gasteiger partial charge on any atom is -0.392 e. The molecule has 0 aromatic carbocycles. The maximum atomic E-state index is 13.6. The summed E-state index contributed by atoms with van der Waals surface area (Å²) in [6.45, 7) is 2.08. The van der Waals surface area contributed by atoms with E-state index in [1.54, 1.807) is 10.9 Å². The minimum absolute atomic E-state index is 0.0160. The Hall–Kier alpha value is -1.50. The number of rotatable bonds is 7. The van der Waals surface area contributed by atoms with Gasteiger partial charge < -0.3 is 20.1 Å². The lowest BCUT2D eigenvalue weighted by atomic mass is 9.84. The Morgan fingerprint density at radius 2 is 1.89 bits per heavy atom. The van der Waals surface area contributed by atoms with Crippen LogP contribution in [-0.4, -0.2) is 61.4 Å². The number of fused-ring (bicyclic) bond motifs is 2. The standard InChI is InChI=1S/C25H34F3N3O4S/c26-25(27,28)22-20(16-32)19-3-10-35-24(21(19)36-22)6-8-30(9-7-24)13-17-12-29-31(14-17)15-18(33)11-23(34)4-1-2-5-23/h12,14,18,32-34H,1-11,13,15-16H2. The Labute approximate surface area is 212 Å². The highest BCUT2D eigenvalue weighted by molar-refractivity contribution is 7.12. The highest BCUT2D eigenvalue weighted by atomic mass is 32.1. The molecule has 5 rings (SSSR count). The Morgan fingerprint density at radius 1 is 1.17 bits per heavy atom. The van der Waals surface area contributed by atoms with E-state index in [9.17, 15) is 28.5 Å². The van der Waals surface area contributed by atoms with Gasteiger partial charge >= 0.3 is 6.18 Å². The van der Waals surface area contributed by atoms with E-state index in [0.717, 1.165) is 42.6 Å². The van der Waals surface area contributed by atoms with Gasteiger partial charge in [-0.25, -0.2) is 0 Å². The normalized spacial score (nSPS) is 22.7. The van der Waals surface area contributed by atoms with Crippen molar-refractivity contribution in [1.29, 1.82) is 0 Å². The molecule has 1 atom stereocenters. The Morgan fingerprint density at radius 3 is 2.56 bits per heavy atom. The average molecular weight is 530 g/mol. The first-order valence-electron chi connectivity index (χ1n) is 12.7. The number of piperidine rings is 1. The molecule has 11 heteroatoms. The second-order valence-corrected chi connectivity index (χ2v) is 11.6. The summed E-state index contributed by atoms with van der Waals surface area (Å²) in [7, 11) is 0. The number of aliphatic hydroxyl groups excluding tert-OH is 2. The van der Waals surface area contributed by atoms with Crippen LogP contribution in [0, 0.1) is 0 Å². The maximum absolute atomic E-state index is 13.6. The van der Waals surface area contributed by atoms with Crippen molar-refractivity contribution < 1.29 is 33.2 Å². The summed E-state index contributed by atoms with van der Waals surface area (Å²) in [5, 5.41) is 35.0. The summed E-state index contributed by atoms with van der Waals surface area (Å²) in [4.78, 5) is 2.18. The molecule has 0 bridgehead atoms. The molecule has 2 fully saturated rings. The van der Waals surface area contributed by atoms with E-state index in [0.29, 0.717) is 68.9 Å². The molecule has 1 spiro atoms. The van der Waals surface area contributed by atoms with Crippen molar-refractivity contribution in [3.05, 3.63) is 38.8 Å². The number of likely N-dealkylation sites (tertiary alicyclic amines) is 1. The van der Waals surface area contributed by atoms with Crippen molar-refractivity contribution in [2.75, 3.05) is 19.7 Å². The molecule has 7 nitrogen and oxygen atoms in total. The van der Waals surface area contributed by atoms with E-state index in [1.165, 1.54) is 0 Å². The highest BCUT2D eigenvalue weighted by Gasteiger charge is 2.47. The van der Waals surface area contributed by atoms with Crippen LogP contribution in [0.4, 0.5) is 13.2 Å². The zero-order valence-electron chi connectivity index (χ0n) is 20.3. The predicted molar refractivity (Wildman–Crippen MR) is 127 cm³/mol. The van der Waals surface area contributed by atoms with Gasteiger partial charge in [0.25, 0.3) is 0 Å². The first-order valence-corrected chi connectivity index (χ1v) is 13.5. The van der Waals surface area contributed by atoms with Crippen molar-refractivity contribution >= 4 is 11.3 Å². The molecular weight excluding hydrogens is 495 g/mol. The number of aliphatic hydroxyl groups is 3. The van der Waals surface area contributed by atoms with Gasteiger partial charge in [0.05, 0.1) is 37.7 Å². The van der Waals surface area contributed by atoms with Gasteiger partial charge in [-0.3, -0.25) is 9.58 Å². The van der Waals surface area contributed by atoms with Gasteiger partial charge in [-0.2, -0.15) is 18.3 Å². The van der Waals surface area contributed by atoms with Crippen LogP contribution in [0.2, 0.25) is 0 Å². The van der Waals surface area contributed by atoms with Gasteiger partial charge in [0.1, 0.15) is 10.5 Å². The molecule has 36 heavy (non-hydrogen) atoms. The fourth-order valence-electron chi connectivity index (χ4n) is 6.19. The molecule has 1 aliphatic carbocycles. The van der Waals surface area contributed by atoms with Gasteiger partial charge in [0.15, 0.2) is 0 Å². The lowest BCUT2D eigenvalue weighted by Gasteiger charge is -2.43. The molecule has 2 aromatic heterocycles. The van der Waals surface area contributed by atoms with E-state index >= 15 is 0 Å². The third kappa shape index (κ3) is 5.23. The molecule has 2 aliphatic heterocycles. The molecule has 1 saturated carbocycles. The zero-order chi connectivity index (χ0) is 25.6. The summed E-state index contributed by atoms with van der Waals surface area (Å²) in [5.74, 6) is 0. The third-order valence-corrected chi connectivity index (χ3v) is 9.49. The lowest BCUT2D eigenvalue weighted by Crippen LogP contribution is -2.45. The third-order valence-electron chi connectivity index (χ3n) is 7.98. The van der Waals surface area contributed by atoms with E-state index in [4.69, 9.17) is 4.74 Å². The van der Waals surface area contributed by atoms with Gasteiger partial charge in [-0.15, -0.1) is 11.3 Å². The van der Waals surface area contributed by atoms with Crippen molar-refractivity contribution in [1.82, 2.24) is 14.7 Å². The number of aromatic nitrogens is 2. The van der Waals surface area contributed by atoms with Crippen LogP contribution in [0.5, 0.6) is 0 Å². The molecule has 0 radical (unpaired) electrons. The van der Waals surface area contributed by atoms with E-state index in [-0.39, 0.29) is 5.56 Å². The van der Waals surface area contributed by atoms with Gasteiger partial charge in [-0.1, -0.05) is 12.8 Å². The highest BCUT2D eigenvalue weighted by Crippen LogP contribution is 2.50. The Kier molecular flexibility index (Phi) is 7.25.